The van der Waals surface area contributed by atoms with Crippen LogP contribution in [0.2, 0.25) is 0 Å². The van der Waals surface area contributed by atoms with Gasteiger partial charge in [0, 0.05) is 19.3 Å². The lowest BCUT2D eigenvalue weighted by Gasteiger charge is -2.27. The average Bonchev–Trinajstić information content (AvgIpc) is 2.31. The van der Waals surface area contributed by atoms with Gasteiger partial charge in [-0.05, 0) is 37.8 Å². The summed E-state index contributed by atoms with van der Waals surface area (Å²) in [7, 11) is 1.76. The molecule has 0 saturated heterocycles. The molecule has 1 fully saturated rings. The summed E-state index contributed by atoms with van der Waals surface area (Å²) >= 11 is 0. The van der Waals surface area contributed by atoms with E-state index in [4.69, 9.17) is 0 Å². The summed E-state index contributed by atoms with van der Waals surface area (Å²) in [4.78, 5) is 12.0. The summed E-state index contributed by atoms with van der Waals surface area (Å²) in [5.41, 5.74) is 0.667. The maximum absolute atomic E-state index is 12.0. The van der Waals surface area contributed by atoms with E-state index in [1.807, 2.05) is 12.3 Å². The van der Waals surface area contributed by atoms with Crippen LogP contribution in [0.4, 0.5) is 5.69 Å². The summed E-state index contributed by atoms with van der Waals surface area (Å²) in [6.45, 7) is 0. The van der Waals surface area contributed by atoms with E-state index in [2.05, 4.69) is 5.32 Å². The molecule has 16 heavy (non-hydrogen) atoms. The fraction of sp³-hybridized carbons (Fsp3) is 0.583. The Morgan fingerprint density at radius 2 is 2.06 bits per heavy atom. The van der Waals surface area contributed by atoms with E-state index in [9.17, 15) is 9.90 Å². The van der Waals surface area contributed by atoms with Gasteiger partial charge < -0.3 is 15.0 Å². The minimum absolute atomic E-state index is 0.0337. The molecule has 0 atom stereocenters. The van der Waals surface area contributed by atoms with Crippen molar-refractivity contribution in [1.29, 1.82) is 0 Å². The average molecular weight is 222 g/mol. The van der Waals surface area contributed by atoms with Crippen LogP contribution in [0.1, 0.15) is 31.7 Å². The smallest absolute Gasteiger partial charge is 0.274 e. The molecule has 4 nitrogen and oxygen atoms in total. The molecule has 2 rings (SSSR count). The Morgan fingerprint density at radius 3 is 2.69 bits per heavy atom. The number of nitrogens with zero attached hydrogens (tertiary/aromatic N) is 1. The van der Waals surface area contributed by atoms with Crippen molar-refractivity contribution in [3.8, 4) is 0 Å². The predicted molar refractivity (Wildman–Crippen MR) is 63.8 cm³/mol. The summed E-state index contributed by atoms with van der Waals surface area (Å²) in [5.74, 6) is 0. The van der Waals surface area contributed by atoms with Gasteiger partial charge in [0.1, 0.15) is 5.69 Å². The Labute approximate surface area is 94.9 Å². The van der Waals surface area contributed by atoms with Gasteiger partial charge >= 0.3 is 0 Å². The second kappa shape index (κ2) is 4.70. The van der Waals surface area contributed by atoms with Gasteiger partial charge in [-0.25, -0.2) is 0 Å². The number of hydrogen-bond donors (Lipinski definition) is 2. The van der Waals surface area contributed by atoms with Crippen LogP contribution in [0.3, 0.4) is 0 Å². The number of aromatic nitrogens is 1. The van der Waals surface area contributed by atoms with Crippen LogP contribution in [-0.2, 0) is 0 Å². The van der Waals surface area contributed by atoms with Crippen LogP contribution in [0.25, 0.3) is 0 Å². The highest BCUT2D eigenvalue weighted by atomic mass is 16.3. The van der Waals surface area contributed by atoms with Crippen LogP contribution in [0, 0.1) is 0 Å². The van der Waals surface area contributed by atoms with Crippen molar-refractivity contribution in [1.82, 2.24) is 4.57 Å². The van der Waals surface area contributed by atoms with Gasteiger partial charge in [-0.15, -0.1) is 0 Å². The van der Waals surface area contributed by atoms with Gasteiger partial charge in [0.15, 0.2) is 0 Å². The largest absolute Gasteiger partial charge is 0.393 e. The highest BCUT2D eigenvalue weighted by Gasteiger charge is 2.21. The summed E-state index contributed by atoms with van der Waals surface area (Å²) in [5, 5.41) is 12.3. The number of aliphatic hydroxyl groups excluding tert-OH is 1. The molecule has 0 bridgehead atoms. The van der Waals surface area contributed by atoms with Crippen LogP contribution < -0.4 is 10.9 Å². The van der Waals surface area contributed by atoms with Gasteiger partial charge in [-0.2, -0.15) is 0 Å². The van der Waals surface area contributed by atoms with Gasteiger partial charge in [-0.3, -0.25) is 4.79 Å². The van der Waals surface area contributed by atoms with E-state index in [-0.39, 0.29) is 17.7 Å². The van der Waals surface area contributed by atoms with Gasteiger partial charge in [0.2, 0.25) is 0 Å². The molecule has 0 radical (unpaired) electrons. The Morgan fingerprint density at radius 1 is 1.38 bits per heavy atom. The van der Waals surface area contributed by atoms with Crippen molar-refractivity contribution in [2.45, 2.75) is 37.8 Å². The molecule has 0 amide bonds. The summed E-state index contributed by atoms with van der Waals surface area (Å²) in [6, 6.07) is 3.92. The Bertz CT molecular complexity index is 406. The molecule has 1 aliphatic rings. The zero-order valence-corrected chi connectivity index (χ0v) is 9.52. The predicted octanol–water partition coefficient (Wildman–Crippen LogP) is 1.37. The maximum atomic E-state index is 12.0. The van der Waals surface area contributed by atoms with Crippen LogP contribution >= 0.6 is 0 Å². The lowest BCUT2D eigenvalue weighted by Crippen LogP contribution is -2.29. The van der Waals surface area contributed by atoms with Gasteiger partial charge in [0.25, 0.3) is 5.56 Å². The highest BCUT2D eigenvalue weighted by molar-refractivity contribution is 5.39. The fourth-order valence-corrected chi connectivity index (χ4v) is 2.32. The second-order valence-electron chi connectivity index (χ2n) is 4.35. The molecule has 0 aromatic carbocycles. The second-order valence-corrected chi connectivity index (χ2v) is 4.35. The number of rotatable bonds is 2. The van der Waals surface area contributed by atoms with Gasteiger partial charge in [0.05, 0.1) is 6.10 Å². The lowest BCUT2D eigenvalue weighted by molar-refractivity contribution is 0.110. The normalized spacial score (nSPS) is 25.4. The molecule has 1 aromatic rings. The molecule has 88 valence electrons. The number of hydrogen-bond acceptors (Lipinski definition) is 3. The molecule has 1 saturated carbocycles. The van der Waals surface area contributed by atoms with E-state index in [1.54, 1.807) is 17.7 Å². The zero-order chi connectivity index (χ0) is 11.5. The SMILES string of the molecule is CNc1cccn([C@H]2CC[C@H](O)CC2)c1=O. The summed E-state index contributed by atoms with van der Waals surface area (Å²) < 4.78 is 1.79. The third-order valence-electron chi connectivity index (χ3n) is 3.30. The monoisotopic (exact) mass is 222 g/mol. The highest BCUT2D eigenvalue weighted by Crippen LogP contribution is 2.27. The van der Waals surface area contributed by atoms with Crippen LogP contribution in [0.5, 0.6) is 0 Å². The standard InChI is InChI=1S/C12H18N2O2/c1-13-11-3-2-8-14(12(11)16)9-4-6-10(15)7-5-9/h2-3,8-10,13,15H,4-7H2,1H3/t9-,10-. The molecule has 2 N–H and O–H groups in total. The third-order valence-corrected chi connectivity index (χ3v) is 3.30. The lowest BCUT2D eigenvalue weighted by atomic mass is 9.93. The van der Waals surface area contributed by atoms with Crippen LogP contribution in [-0.4, -0.2) is 22.8 Å². The molecular formula is C12H18N2O2. The number of aliphatic hydroxyl groups is 1. The van der Waals surface area contributed by atoms with Crippen molar-refractivity contribution in [2.75, 3.05) is 12.4 Å². The topological polar surface area (TPSA) is 54.3 Å². The van der Waals surface area contributed by atoms with E-state index < -0.39 is 0 Å². The molecule has 4 heteroatoms. The molecule has 0 spiro atoms. The first-order valence-corrected chi connectivity index (χ1v) is 5.79. The number of nitrogens with one attached hydrogen (secondary N) is 1. The van der Waals surface area contributed by atoms with Gasteiger partial charge in [-0.1, -0.05) is 0 Å². The van der Waals surface area contributed by atoms with Crippen molar-refractivity contribution >= 4 is 5.69 Å². The molecule has 0 unspecified atom stereocenters. The van der Waals surface area contributed by atoms with E-state index in [0.29, 0.717) is 5.69 Å². The maximum Gasteiger partial charge on any atom is 0.274 e. The van der Waals surface area contributed by atoms with E-state index in [1.165, 1.54) is 0 Å². The molecule has 1 aromatic heterocycles. The molecule has 1 heterocycles. The third kappa shape index (κ3) is 2.11. The zero-order valence-electron chi connectivity index (χ0n) is 9.52. The fourth-order valence-electron chi connectivity index (χ4n) is 2.32. The van der Waals surface area contributed by atoms with Crippen molar-refractivity contribution < 1.29 is 5.11 Å². The van der Waals surface area contributed by atoms with E-state index >= 15 is 0 Å². The van der Waals surface area contributed by atoms with Crippen LogP contribution in [0.15, 0.2) is 23.1 Å². The molecular weight excluding hydrogens is 204 g/mol. The first-order chi connectivity index (χ1) is 7.72. The molecule has 1 aliphatic carbocycles. The number of anilines is 1. The Balaban J connectivity index is 2.24. The first-order valence-electron chi connectivity index (χ1n) is 5.79. The minimum atomic E-state index is -0.181. The Hall–Kier alpha value is -1.29. The number of pyridine rings is 1. The molecule has 0 aliphatic heterocycles. The van der Waals surface area contributed by atoms with Crippen molar-refractivity contribution in [3.63, 3.8) is 0 Å². The quantitative estimate of drug-likeness (QED) is 0.794. The summed E-state index contributed by atoms with van der Waals surface area (Å²) in [6.07, 6.45) is 5.01. The van der Waals surface area contributed by atoms with Crippen molar-refractivity contribution in [3.05, 3.63) is 28.7 Å². The van der Waals surface area contributed by atoms with Crippen molar-refractivity contribution in [2.24, 2.45) is 0 Å². The van der Waals surface area contributed by atoms with E-state index in [0.717, 1.165) is 25.7 Å². The first kappa shape index (κ1) is 11.2. The minimum Gasteiger partial charge on any atom is -0.393 e. The Kier molecular flexibility index (Phi) is 3.29.